The van der Waals surface area contributed by atoms with Gasteiger partial charge in [-0.1, -0.05) is 18.5 Å². The van der Waals surface area contributed by atoms with Gasteiger partial charge in [0.05, 0.1) is 0 Å². The monoisotopic (exact) mass is 231 g/mol. The van der Waals surface area contributed by atoms with Gasteiger partial charge in [-0.25, -0.2) is 0 Å². The fourth-order valence-corrected chi connectivity index (χ4v) is 2.22. The smallest absolute Gasteiger partial charge is 0.101 e. The van der Waals surface area contributed by atoms with E-state index in [4.69, 9.17) is 0 Å². The van der Waals surface area contributed by atoms with Gasteiger partial charge in [-0.05, 0) is 42.8 Å². The molecule has 16 heavy (non-hydrogen) atoms. The van der Waals surface area contributed by atoms with E-state index in [1.807, 2.05) is 37.6 Å². The highest BCUT2D eigenvalue weighted by atomic mass is 32.1. The highest BCUT2D eigenvalue weighted by Gasteiger charge is 1.87. The number of aryl methyl sites for hydroxylation is 3. The molecule has 0 radical (unpaired) electrons. The van der Waals surface area contributed by atoms with Crippen molar-refractivity contribution < 1.29 is 0 Å². The molecule has 2 heterocycles. The van der Waals surface area contributed by atoms with Gasteiger partial charge in [-0.15, -0.1) is 11.3 Å². The summed E-state index contributed by atoms with van der Waals surface area (Å²) < 4.78 is 0. The number of aromatic nitrogens is 1. The van der Waals surface area contributed by atoms with Gasteiger partial charge in [0.25, 0.3) is 0 Å². The molecule has 84 valence electrons. The summed E-state index contributed by atoms with van der Waals surface area (Å²) in [5.41, 5.74) is 2.45. The van der Waals surface area contributed by atoms with Gasteiger partial charge in [-0.3, -0.25) is 4.98 Å². The number of rotatable bonds is 2. The quantitative estimate of drug-likeness (QED) is 0.724. The van der Waals surface area contributed by atoms with Crippen LogP contribution in [0.3, 0.4) is 0 Å². The van der Waals surface area contributed by atoms with Crippen LogP contribution in [0.4, 0.5) is 0 Å². The maximum absolute atomic E-state index is 3.98. The fraction of sp³-hybridized carbons (Fsp3) is 0.308. The van der Waals surface area contributed by atoms with E-state index in [1.54, 1.807) is 0 Å². The maximum atomic E-state index is 3.98. The summed E-state index contributed by atoms with van der Waals surface area (Å²) in [6, 6.07) is 6.40. The van der Waals surface area contributed by atoms with Crippen LogP contribution in [0.1, 0.15) is 16.0 Å². The van der Waals surface area contributed by atoms with Gasteiger partial charge in [0, 0.05) is 17.3 Å². The van der Waals surface area contributed by atoms with Crippen LogP contribution >= 0.6 is 11.3 Å². The number of nitrogens with zero attached hydrogens (tertiary/aromatic N) is 1. The van der Waals surface area contributed by atoms with Crippen LogP contribution in [0.25, 0.3) is 0 Å². The Kier molecular flexibility index (Phi) is 5.87. The van der Waals surface area contributed by atoms with E-state index < -0.39 is 0 Å². The summed E-state index contributed by atoms with van der Waals surface area (Å²) in [6.45, 7) is 4.08. The van der Waals surface area contributed by atoms with Gasteiger partial charge < -0.3 is 0 Å². The van der Waals surface area contributed by atoms with E-state index in [0.717, 1.165) is 0 Å². The summed E-state index contributed by atoms with van der Waals surface area (Å²) in [4.78, 5) is 5.49. The lowest BCUT2D eigenvalue weighted by molar-refractivity contribution is 1.18. The molecule has 2 rings (SSSR count). The van der Waals surface area contributed by atoms with E-state index in [0.29, 0.717) is 0 Å². The van der Waals surface area contributed by atoms with Crippen LogP contribution in [0, 0.1) is 13.8 Å². The van der Waals surface area contributed by atoms with Crippen molar-refractivity contribution in [2.75, 3.05) is 0 Å². The lowest BCUT2D eigenvalue weighted by Gasteiger charge is -1.89. The first kappa shape index (κ1) is 13.0. The Morgan fingerprint density at radius 1 is 1.25 bits per heavy atom. The Hall–Kier alpha value is -1.09. The van der Waals surface area contributed by atoms with Crippen molar-refractivity contribution >= 4 is 19.2 Å². The highest BCUT2D eigenvalue weighted by molar-refractivity contribution is 7.09. The molecular formula is C13H18BNS. The molecule has 0 saturated carbocycles. The number of hydrogen-bond acceptors (Lipinski definition) is 2. The maximum Gasteiger partial charge on any atom is 0.101 e. The summed E-state index contributed by atoms with van der Waals surface area (Å²) >= 11 is 1.85. The van der Waals surface area contributed by atoms with Gasteiger partial charge in [-0.2, -0.15) is 0 Å². The minimum absolute atomic E-state index is 1.23. The van der Waals surface area contributed by atoms with Crippen molar-refractivity contribution in [1.82, 2.24) is 4.98 Å². The van der Waals surface area contributed by atoms with Crippen LogP contribution in [-0.2, 0) is 6.42 Å². The van der Waals surface area contributed by atoms with Gasteiger partial charge in [0.1, 0.15) is 7.85 Å². The first-order valence-corrected chi connectivity index (χ1v) is 6.51. The van der Waals surface area contributed by atoms with Crippen molar-refractivity contribution in [3.05, 3.63) is 52.0 Å². The summed E-state index contributed by atoms with van der Waals surface area (Å²) in [7, 11) is 2.21. The molecule has 0 aliphatic heterocycles. The fourth-order valence-electron chi connectivity index (χ4n) is 1.41. The van der Waals surface area contributed by atoms with Crippen molar-refractivity contribution in [2.24, 2.45) is 0 Å². The average Bonchev–Trinajstić information content (AvgIpc) is 2.71. The first-order valence-electron chi connectivity index (χ1n) is 5.63. The lowest BCUT2D eigenvalue weighted by Crippen LogP contribution is -1.76. The Morgan fingerprint density at radius 3 is 2.31 bits per heavy atom. The topological polar surface area (TPSA) is 12.9 Å². The zero-order valence-electron chi connectivity index (χ0n) is 10.2. The largest absolute Gasteiger partial charge is 0.264 e. The zero-order valence-corrected chi connectivity index (χ0v) is 11.1. The predicted octanol–water partition coefficient (Wildman–Crippen LogP) is 3.04. The Labute approximate surface area is 103 Å². The molecule has 0 amide bonds. The molecule has 0 unspecified atom stereocenters. The molecular weight excluding hydrogens is 213 g/mol. The van der Waals surface area contributed by atoms with E-state index in [9.17, 15) is 0 Å². The van der Waals surface area contributed by atoms with Crippen molar-refractivity contribution in [2.45, 2.75) is 26.6 Å². The second-order valence-corrected chi connectivity index (χ2v) is 4.90. The molecule has 0 aliphatic rings. The number of hydrogen-bond donors (Lipinski definition) is 0. The summed E-state index contributed by atoms with van der Waals surface area (Å²) in [6.07, 6.45) is 6.22. The molecule has 0 N–H and O–H groups in total. The Bertz CT molecular complexity index is 381. The molecule has 0 bridgehead atoms. The third-order valence-electron chi connectivity index (χ3n) is 2.09. The standard InChI is InChI=1S/C7H9N.C6H9BS/c1-6-3-7(2)5-8-4-6;7-4-3-6-2-1-5-8-6/h3-5H,1-2H3;1-2,5H,3-4,7H2. The van der Waals surface area contributed by atoms with Crippen molar-refractivity contribution in [3.63, 3.8) is 0 Å². The predicted molar refractivity (Wildman–Crippen MR) is 75.1 cm³/mol. The second kappa shape index (κ2) is 7.23. The molecule has 0 aromatic carbocycles. The van der Waals surface area contributed by atoms with E-state index in [-0.39, 0.29) is 0 Å². The molecule has 2 aromatic heterocycles. The number of thiophene rings is 1. The SMILES string of the molecule is BCCc1cccs1.Cc1cncc(C)c1. The molecule has 1 nitrogen and oxygen atoms in total. The normalized spacial score (nSPS) is 9.38. The molecule has 0 spiro atoms. The van der Waals surface area contributed by atoms with Crippen LogP contribution in [0.15, 0.2) is 36.0 Å². The Balaban J connectivity index is 0.000000160. The molecule has 0 saturated heterocycles. The van der Waals surface area contributed by atoms with Crippen molar-refractivity contribution in [3.8, 4) is 0 Å². The highest BCUT2D eigenvalue weighted by Crippen LogP contribution is 2.09. The third kappa shape index (κ3) is 5.12. The van der Waals surface area contributed by atoms with Gasteiger partial charge >= 0.3 is 0 Å². The van der Waals surface area contributed by atoms with Crippen molar-refractivity contribution in [1.29, 1.82) is 0 Å². The third-order valence-corrected chi connectivity index (χ3v) is 3.02. The summed E-state index contributed by atoms with van der Waals surface area (Å²) in [5, 5.41) is 2.13. The molecule has 3 heteroatoms. The van der Waals surface area contributed by atoms with Crippen LogP contribution in [0.2, 0.25) is 6.32 Å². The van der Waals surface area contributed by atoms with E-state index in [1.165, 1.54) is 28.7 Å². The van der Waals surface area contributed by atoms with Crippen LogP contribution < -0.4 is 0 Å². The van der Waals surface area contributed by atoms with E-state index in [2.05, 4.69) is 36.4 Å². The first-order chi connectivity index (χ1) is 7.72. The Morgan fingerprint density at radius 2 is 1.94 bits per heavy atom. The summed E-state index contributed by atoms with van der Waals surface area (Å²) in [5.74, 6) is 0. The number of pyridine rings is 1. The average molecular weight is 231 g/mol. The lowest BCUT2D eigenvalue weighted by atomic mass is 10.0. The molecule has 2 aromatic rings. The van der Waals surface area contributed by atoms with Crippen LogP contribution in [0.5, 0.6) is 0 Å². The minimum atomic E-state index is 1.23. The minimum Gasteiger partial charge on any atom is -0.264 e. The molecule has 0 aliphatic carbocycles. The van der Waals surface area contributed by atoms with E-state index >= 15 is 0 Å². The zero-order chi connectivity index (χ0) is 11.8. The van der Waals surface area contributed by atoms with Crippen LogP contribution in [-0.4, -0.2) is 12.8 Å². The van der Waals surface area contributed by atoms with Gasteiger partial charge in [0.2, 0.25) is 0 Å². The van der Waals surface area contributed by atoms with Gasteiger partial charge in [0.15, 0.2) is 0 Å². The molecule has 0 atom stereocenters. The second-order valence-electron chi connectivity index (χ2n) is 3.87. The molecule has 0 fully saturated rings.